The molecule has 2 aromatic rings. The molecule has 0 aliphatic carbocycles. The van der Waals surface area contributed by atoms with E-state index in [-0.39, 0.29) is 11.3 Å². The van der Waals surface area contributed by atoms with E-state index in [0.29, 0.717) is 34.1 Å². The highest BCUT2D eigenvalue weighted by Gasteiger charge is 2.45. The molecule has 3 rings (SSSR count). The van der Waals surface area contributed by atoms with Crippen LogP contribution in [0.15, 0.2) is 54.1 Å². The first-order valence-electron chi connectivity index (χ1n) is 9.24. The lowest BCUT2D eigenvalue weighted by Crippen LogP contribution is -2.32. The molecule has 1 aliphatic heterocycles. The molecule has 1 aliphatic rings. The van der Waals surface area contributed by atoms with Crippen molar-refractivity contribution in [1.29, 1.82) is 0 Å². The zero-order chi connectivity index (χ0) is 21.1. The molecule has 0 spiro atoms. The number of nitrogens with zero attached hydrogens (tertiary/aromatic N) is 2. The van der Waals surface area contributed by atoms with Crippen LogP contribution in [-0.2, 0) is 9.59 Å². The number of carbonyl (C=O) groups is 2. The molecule has 5 nitrogen and oxygen atoms in total. The third kappa shape index (κ3) is 4.47. The van der Waals surface area contributed by atoms with E-state index in [9.17, 15) is 14.7 Å². The summed E-state index contributed by atoms with van der Waals surface area (Å²) in [5, 5.41) is 11.6. The Morgan fingerprint density at radius 1 is 1.07 bits per heavy atom. The van der Waals surface area contributed by atoms with Gasteiger partial charge in [-0.3, -0.25) is 9.59 Å². The standard InChI is InChI=1S/C22H22Cl2N2O3/c1-25(2)11-6-12-26-19(15-9-10-16(23)17(24)13-15)18(21(28)22(26)29)20(27)14-7-4-3-5-8-14/h3-5,7-10,13,19,27H,6,11-12H2,1-2H3. The molecule has 29 heavy (non-hydrogen) atoms. The fraction of sp³-hybridized carbons (Fsp3) is 0.273. The molecule has 0 radical (unpaired) electrons. The number of benzene rings is 2. The van der Waals surface area contributed by atoms with Crippen LogP contribution in [0.1, 0.15) is 23.6 Å². The molecule has 0 aromatic heterocycles. The van der Waals surface area contributed by atoms with Crippen molar-refractivity contribution in [2.45, 2.75) is 12.5 Å². The number of carbonyl (C=O) groups excluding carboxylic acids is 2. The minimum absolute atomic E-state index is 0.0597. The van der Waals surface area contributed by atoms with Crippen molar-refractivity contribution >= 4 is 40.7 Å². The van der Waals surface area contributed by atoms with Gasteiger partial charge in [-0.25, -0.2) is 0 Å². The van der Waals surface area contributed by atoms with E-state index in [1.165, 1.54) is 4.90 Å². The van der Waals surface area contributed by atoms with Crippen LogP contribution in [0.2, 0.25) is 10.0 Å². The number of Topliss-reactive ketones (excluding diaryl/α,β-unsaturated/α-hetero) is 1. The maximum Gasteiger partial charge on any atom is 0.295 e. The monoisotopic (exact) mass is 432 g/mol. The van der Waals surface area contributed by atoms with Crippen LogP contribution in [0.25, 0.3) is 5.76 Å². The maximum absolute atomic E-state index is 12.9. The van der Waals surface area contributed by atoms with Gasteiger partial charge < -0.3 is 14.9 Å². The van der Waals surface area contributed by atoms with Crippen molar-refractivity contribution < 1.29 is 14.7 Å². The Hall–Kier alpha value is -2.34. The molecule has 1 fully saturated rings. The largest absolute Gasteiger partial charge is 0.507 e. The van der Waals surface area contributed by atoms with Gasteiger partial charge in [0.25, 0.3) is 11.7 Å². The second-order valence-corrected chi connectivity index (χ2v) is 8.00. The van der Waals surface area contributed by atoms with Gasteiger partial charge in [-0.15, -0.1) is 0 Å². The summed E-state index contributed by atoms with van der Waals surface area (Å²) in [5.41, 5.74) is 1.16. The lowest BCUT2D eigenvalue weighted by Gasteiger charge is -2.26. The molecule has 152 valence electrons. The third-order valence-electron chi connectivity index (χ3n) is 4.85. The summed E-state index contributed by atoms with van der Waals surface area (Å²) in [4.78, 5) is 29.2. The van der Waals surface area contributed by atoms with E-state index in [2.05, 4.69) is 0 Å². The summed E-state index contributed by atoms with van der Waals surface area (Å²) in [7, 11) is 3.89. The highest BCUT2D eigenvalue weighted by atomic mass is 35.5. The maximum atomic E-state index is 12.9. The molecule has 0 saturated carbocycles. The molecule has 1 N–H and O–H groups in total. The van der Waals surface area contributed by atoms with Gasteiger partial charge in [0.15, 0.2) is 0 Å². The average molecular weight is 433 g/mol. The lowest BCUT2D eigenvalue weighted by molar-refractivity contribution is -0.139. The van der Waals surface area contributed by atoms with Crippen LogP contribution in [0.4, 0.5) is 0 Å². The van der Waals surface area contributed by atoms with Gasteiger partial charge in [0.05, 0.1) is 21.7 Å². The number of hydrogen-bond acceptors (Lipinski definition) is 4. The highest BCUT2D eigenvalue weighted by Crippen LogP contribution is 2.40. The van der Waals surface area contributed by atoms with Gasteiger partial charge in [-0.05, 0) is 44.8 Å². The number of hydrogen-bond donors (Lipinski definition) is 1. The Labute approximate surface area is 180 Å². The molecule has 1 atom stereocenters. The van der Waals surface area contributed by atoms with Crippen LogP contribution in [0, 0.1) is 0 Å². The number of likely N-dealkylation sites (tertiary alicyclic amines) is 1. The van der Waals surface area contributed by atoms with Crippen LogP contribution >= 0.6 is 23.2 Å². The molecule has 1 unspecified atom stereocenters. The Morgan fingerprint density at radius 3 is 2.38 bits per heavy atom. The van der Waals surface area contributed by atoms with E-state index < -0.39 is 17.7 Å². The van der Waals surface area contributed by atoms with Crippen molar-refractivity contribution in [2.24, 2.45) is 0 Å². The van der Waals surface area contributed by atoms with Crippen molar-refractivity contribution in [3.05, 3.63) is 75.3 Å². The number of aliphatic hydroxyl groups is 1. The Kier molecular flexibility index (Phi) is 6.63. The third-order valence-corrected chi connectivity index (χ3v) is 5.59. The van der Waals surface area contributed by atoms with Crippen molar-refractivity contribution in [2.75, 3.05) is 27.2 Å². The summed E-state index contributed by atoms with van der Waals surface area (Å²) in [6.07, 6.45) is 0.684. The molecule has 0 bridgehead atoms. The molecular formula is C22H22Cl2N2O3. The first-order chi connectivity index (χ1) is 13.8. The van der Waals surface area contributed by atoms with Crippen molar-refractivity contribution in [3.8, 4) is 0 Å². The van der Waals surface area contributed by atoms with E-state index in [4.69, 9.17) is 23.2 Å². The fourth-order valence-corrected chi connectivity index (χ4v) is 3.75. The smallest absolute Gasteiger partial charge is 0.295 e. The van der Waals surface area contributed by atoms with Gasteiger partial charge >= 0.3 is 0 Å². The zero-order valence-electron chi connectivity index (χ0n) is 16.2. The average Bonchev–Trinajstić information content (AvgIpc) is 2.95. The van der Waals surface area contributed by atoms with E-state index in [1.807, 2.05) is 25.1 Å². The normalized spacial score (nSPS) is 18.7. The van der Waals surface area contributed by atoms with Gasteiger partial charge in [0.2, 0.25) is 0 Å². The summed E-state index contributed by atoms with van der Waals surface area (Å²) in [6, 6.07) is 13.0. The van der Waals surface area contributed by atoms with Crippen LogP contribution < -0.4 is 0 Å². The van der Waals surface area contributed by atoms with E-state index in [0.717, 1.165) is 6.54 Å². The molecule has 1 heterocycles. The summed E-state index contributed by atoms with van der Waals surface area (Å²) in [6.45, 7) is 1.13. The SMILES string of the molecule is CN(C)CCCN1C(=O)C(=O)C(=C(O)c2ccccc2)C1c1ccc(Cl)c(Cl)c1. The van der Waals surface area contributed by atoms with Gasteiger partial charge in [0.1, 0.15) is 5.76 Å². The van der Waals surface area contributed by atoms with Crippen LogP contribution in [0.3, 0.4) is 0 Å². The van der Waals surface area contributed by atoms with Crippen molar-refractivity contribution in [1.82, 2.24) is 9.80 Å². The fourth-order valence-electron chi connectivity index (χ4n) is 3.45. The highest BCUT2D eigenvalue weighted by molar-refractivity contribution is 6.46. The van der Waals surface area contributed by atoms with Gasteiger partial charge in [0, 0.05) is 12.1 Å². The second-order valence-electron chi connectivity index (χ2n) is 7.19. The first-order valence-corrected chi connectivity index (χ1v) is 10.0. The minimum Gasteiger partial charge on any atom is -0.507 e. The number of aliphatic hydroxyl groups excluding tert-OH is 1. The molecule has 1 saturated heterocycles. The topological polar surface area (TPSA) is 60.9 Å². The summed E-state index contributed by atoms with van der Waals surface area (Å²) >= 11 is 12.2. The number of ketones is 1. The summed E-state index contributed by atoms with van der Waals surface area (Å²) < 4.78 is 0. The van der Waals surface area contributed by atoms with Gasteiger partial charge in [-0.2, -0.15) is 0 Å². The Morgan fingerprint density at radius 2 is 1.76 bits per heavy atom. The van der Waals surface area contributed by atoms with Gasteiger partial charge in [-0.1, -0.05) is 59.6 Å². The first kappa shape index (κ1) is 21.4. The summed E-state index contributed by atoms with van der Waals surface area (Å²) in [5.74, 6) is -1.53. The Bertz CT molecular complexity index is 958. The molecular weight excluding hydrogens is 411 g/mol. The quantitative estimate of drug-likeness (QED) is 0.418. The predicted octanol–water partition coefficient (Wildman–Crippen LogP) is 4.37. The van der Waals surface area contributed by atoms with Crippen LogP contribution in [0.5, 0.6) is 0 Å². The minimum atomic E-state index is -0.730. The second kappa shape index (κ2) is 8.99. The molecule has 1 amide bonds. The van der Waals surface area contributed by atoms with Crippen LogP contribution in [-0.4, -0.2) is 53.8 Å². The molecule has 7 heteroatoms. The Balaban J connectivity index is 2.11. The molecule has 2 aromatic carbocycles. The number of halogens is 2. The predicted molar refractivity (Wildman–Crippen MR) is 115 cm³/mol. The van der Waals surface area contributed by atoms with E-state index >= 15 is 0 Å². The van der Waals surface area contributed by atoms with Crippen molar-refractivity contribution in [3.63, 3.8) is 0 Å². The van der Waals surface area contributed by atoms with E-state index in [1.54, 1.807) is 42.5 Å². The zero-order valence-corrected chi connectivity index (χ0v) is 17.7. The number of amides is 1. The lowest BCUT2D eigenvalue weighted by atomic mass is 9.95. The number of rotatable bonds is 6.